The van der Waals surface area contributed by atoms with Crippen molar-refractivity contribution in [2.45, 2.75) is 95.2 Å². The molecule has 5 unspecified atom stereocenters. The van der Waals surface area contributed by atoms with E-state index in [9.17, 15) is 20.4 Å². The molecule has 0 saturated carbocycles. The molecule has 192 valence electrons. The molecular weight excluding hydrogens is 454 g/mol. The molecule has 0 spiro atoms. The van der Waals surface area contributed by atoms with Crippen LogP contribution in [0.5, 0.6) is 0 Å². The minimum Gasteiger partial charge on any atom is -0.394 e. The Morgan fingerprint density at radius 2 is 1.62 bits per heavy atom. The first kappa shape index (κ1) is 28.6. The monoisotopic (exact) mass is 495 g/mol. The lowest BCUT2D eigenvalue weighted by Crippen LogP contribution is -2.59. The van der Waals surface area contributed by atoms with E-state index in [1.54, 1.807) is 10.9 Å². The van der Waals surface area contributed by atoms with Gasteiger partial charge in [0.25, 0.3) is 0 Å². The fourth-order valence-electron chi connectivity index (χ4n) is 4.88. The third-order valence-electron chi connectivity index (χ3n) is 5.95. The summed E-state index contributed by atoms with van der Waals surface area (Å²) in [7, 11) is -1.69. The van der Waals surface area contributed by atoms with Gasteiger partial charge in [0, 0.05) is 6.54 Å². The molecule has 1 aliphatic heterocycles. The van der Waals surface area contributed by atoms with Crippen LogP contribution in [0.1, 0.15) is 32.9 Å². The van der Waals surface area contributed by atoms with E-state index in [1.165, 1.54) is 16.7 Å². The first-order valence-electron chi connectivity index (χ1n) is 11.7. The van der Waals surface area contributed by atoms with Crippen LogP contribution >= 0.6 is 0 Å². The molecule has 0 radical (unpaired) electrons. The highest BCUT2D eigenvalue weighted by Gasteiger charge is 2.44. The molecule has 1 aromatic rings. The molecule has 1 aliphatic rings. The van der Waals surface area contributed by atoms with E-state index < -0.39 is 45.4 Å². The molecule has 1 aromatic heterocycles. The highest BCUT2D eigenvalue weighted by molar-refractivity contribution is 6.81. The minimum absolute atomic E-state index is 0.00234. The predicted molar refractivity (Wildman–Crippen MR) is 133 cm³/mol. The summed E-state index contributed by atoms with van der Waals surface area (Å²) in [5, 5.41) is 47.4. The topological polar surface area (TPSA) is 130 Å². The Labute approximate surface area is 203 Å². The molecule has 10 heteroatoms. The van der Waals surface area contributed by atoms with Crippen molar-refractivity contribution in [2.75, 3.05) is 6.61 Å². The highest BCUT2D eigenvalue weighted by atomic mass is 28.3. The smallest absolute Gasteiger partial charge is 0.187 e. The first-order valence-corrected chi connectivity index (χ1v) is 14.5. The number of aliphatic hydroxyl groups excluding tert-OH is 4. The van der Waals surface area contributed by atoms with Crippen LogP contribution < -0.4 is 0 Å². The van der Waals surface area contributed by atoms with Crippen molar-refractivity contribution in [3.8, 4) is 0 Å². The lowest BCUT2D eigenvalue weighted by molar-refractivity contribution is -0.304. The maximum Gasteiger partial charge on any atom is 0.187 e. The maximum absolute atomic E-state index is 10.1. The van der Waals surface area contributed by atoms with Gasteiger partial charge in [0.1, 0.15) is 30.1 Å². The van der Waals surface area contributed by atoms with E-state index in [0.29, 0.717) is 12.2 Å². The van der Waals surface area contributed by atoms with E-state index >= 15 is 0 Å². The van der Waals surface area contributed by atoms with E-state index in [0.717, 1.165) is 30.6 Å². The highest BCUT2D eigenvalue weighted by Crippen LogP contribution is 2.35. The van der Waals surface area contributed by atoms with Crippen molar-refractivity contribution in [3.05, 3.63) is 48.3 Å². The van der Waals surface area contributed by atoms with Gasteiger partial charge in [-0.3, -0.25) is 4.68 Å². The van der Waals surface area contributed by atoms with Crippen LogP contribution in [0.25, 0.3) is 0 Å². The van der Waals surface area contributed by atoms with Gasteiger partial charge < -0.3 is 29.9 Å². The standard InChI is InChI=1S/C24H41N3O6Si/c1-16(2)13-34(14-17(3)4,15-18(5)6)9-7-8-27-10-19(25-26-27)12-32-24-23(31)22(30)21(29)20(11-28)33-24/h10,20-24,28-31H,1,3,5,7-9,11-15H2,2,4,6H3. The number of aromatic nitrogens is 3. The lowest BCUT2D eigenvalue weighted by Gasteiger charge is -2.39. The third kappa shape index (κ3) is 8.23. The number of hydrogen-bond donors (Lipinski definition) is 4. The quantitative estimate of drug-likeness (QED) is 0.228. The first-order chi connectivity index (χ1) is 16.0. The van der Waals surface area contributed by atoms with Gasteiger partial charge in [0.15, 0.2) is 6.29 Å². The van der Waals surface area contributed by atoms with Crippen LogP contribution in [0.2, 0.25) is 24.2 Å². The van der Waals surface area contributed by atoms with Crippen molar-refractivity contribution in [2.24, 2.45) is 0 Å². The van der Waals surface area contributed by atoms with Crippen molar-refractivity contribution >= 4 is 8.07 Å². The van der Waals surface area contributed by atoms with E-state index in [1.807, 2.05) is 0 Å². The molecule has 9 nitrogen and oxygen atoms in total. The molecular formula is C24H41N3O6Si. The number of ether oxygens (including phenoxy) is 2. The normalized spacial score (nSPS) is 25.3. The van der Waals surface area contributed by atoms with E-state index in [2.05, 4.69) is 50.8 Å². The Bertz CT molecular complexity index is 802. The summed E-state index contributed by atoms with van der Waals surface area (Å²) in [6, 6.07) is 4.28. The summed E-state index contributed by atoms with van der Waals surface area (Å²) in [5.41, 5.74) is 4.18. The van der Waals surface area contributed by atoms with Crippen LogP contribution in [0.15, 0.2) is 42.7 Å². The number of rotatable bonds is 14. The lowest BCUT2D eigenvalue weighted by atomic mass is 9.99. The van der Waals surface area contributed by atoms with Crippen LogP contribution in [0.3, 0.4) is 0 Å². The van der Waals surface area contributed by atoms with Crippen molar-refractivity contribution < 1.29 is 29.9 Å². The molecule has 4 N–H and O–H groups in total. The van der Waals surface area contributed by atoms with Crippen LogP contribution in [0, 0.1) is 0 Å². The molecule has 0 aliphatic carbocycles. The molecule has 2 heterocycles. The van der Waals surface area contributed by atoms with Crippen LogP contribution in [-0.2, 0) is 22.6 Å². The fraction of sp³-hybridized carbons (Fsp3) is 0.667. The zero-order valence-electron chi connectivity index (χ0n) is 20.7. The van der Waals surface area contributed by atoms with Gasteiger partial charge in [0.2, 0.25) is 0 Å². The van der Waals surface area contributed by atoms with Gasteiger partial charge in [0.05, 0.1) is 27.5 Å². The Kier molecular flexibility index (Phi) is 10.8. The SMILES string of the molecule is C=C(C)C[Si](CCCn1cc(COC2OC(CO)C(O)C(O)C2O)nn1)(CC(=C)C)CC(=C)C. The van der Waals surface area contributed by atoms with Gasteiger partial charge in [-0.25, -0.2) is 0 Å². The molecule has 2 rings (SSSR count). The number of allylic oxidation sites excluding steroid dienone is 3. The number of nitrogens with zero attached hydrogens (tertiary/aromatic N) is 3. The van der Waals surface area contributed by atoms with Crippen molar-refractivity contribution in [3.63, 3.8) is 0 Å². The summed E-state index contributed by atoms with van der Waals surface area (Å²) in [6.07, 6.45) is -3.81. The van der Waals surface area contributed by atoms with Gasteiger partial charge in [-0.05, 0) is 45.3 Å². The molecule has 0 amide bonds. The third-order valence-corrected chi connectivity index (χ3v) is 11.4. The second-order valence-electron chi connectivity index (χ2n) is 9.99. The van der Waals surface area contributed by atoms with Crippen molar-refractivity contribution in [1.29, 1.82) is 0 Å². The molecule has 1 saturated heterocycles. The summed E-state index contributed by atoms with van der Waals surface area (Å²) >= 11 is 0. The number of hydrogen-bond acceptors (Lipinski definition) is 8. The van der Waals surface area contributed by atoms with Crippen LogP contribution in [-0.4, -0.2) is 80.8 Å². The maximum atomic E-state index is 10.1. The second-order valence-corrected chi connectivity index (χ2v) is 14.5. The van der Waals surface area contributed by atoms with Gasteiger partial charge in [-0.15, -0.1) is 24.8 Å². The average molecular weight is 496 g/mol. The second kappa shape index (κ2) is 12.9. The molecule has 34 heavy (non-hydrogen) atoms. The summed E-state index contributed by atoms with van der Waals surface area (Å²) in [4.78, 5) is 0. The van der Waals surface area contributed by atoms with Gasteiger partial charge in [-0.2, -0.15) is 0 Å². The molecule has 0 bridgehead atoms. The number of aliphatic hydroxyl groups is 4. The zero-order valence-corrected chi connectivity index (χ0v) is 21.7. The molecule has 0 aromatic carbocycles. The Morgan fingerprint density at radius 1 is 1.03 bits per heavy atom. The largest absolute Gasteiger partial charge is 0.394 e. The Morgan fingerprint density at radius 3 is 2.15 bits per heavy atom. The average Bonchev–Trinajstić information content (AvgIpc) is 3.17. The fourth-order valence-corrected chi connectivity index (χ4v) is 10.5. The predicted octanol–water partition coefficient (Wildman–Crippen LogP) is 2.16. The summed E-state index contributed by atoms with van der Waals surface area (Å²) < 4.78 is 12.7. The van der Waals surface area contributed by atoms with Crippen LogP contribution in [0.4, 0.5) is 0 Å². The Balaban J connectivity index is 1.94. The van der Waals surface area contributed by atoms with Gasteiger partial charge >= 0.3 is 0 Å². The van der Waals surface area contributed by atoms with Gasteiger partial charge in [-0.1, -0.05) is 28.0 Å². The summed E-state index contributed by atoms with van der Waals surface area (Å²) in [6.45, 7) is 19.0. The summed E-state index contributed by atoms with van der Waals surface area (Å²) in [5.74, 6) is 0. The minimum atomic E-state index is -1.69. The van der Waals surface area contributed by atoms with E-state index in [4.69, 9.17) is 9.47 Å². The zero-order chi connectivity index (χ0) is 25.5. The Hall–Kier alpha value is -1.66. The molecule has 1 fully saturated rings. The molecule has 5 atom stereocenters. The van der Waals surface area contributed by atoms with Crippen molar-refractivity contribution in [1.82, 2.24) is 15.0 Å². The van der Waals surface area contributed by atoms with E-state index in [-0.39, 0.29) is 6.61 Å². The number of aryl methyl sites for hydroxylation is 1.